The molecule has 3 aliphatic heterocycles. The first-order valence-electron chi connectivity index (χ1n) is 14.6. The van der Waals surface area contributed by atoms with Crippen molar-refractivity contribution in [1.29, 1.82) is 0 Å². The standard InChI is InChI=1S/C32H33FN6O5/c1-42-27-19-26-22-12-15-38(30(41)7-3-14-39-36-32(35-37-39)21-8-10-24(33)11-9-21)31(26)23-5-2-6-25(17-23)43-16-4-13-34-29(40)20-44-28(27)18-22/h2,5-6,8-11,17-19,31H,3-4,7,12-16,20H2,1H3,(H,34,40). The number of benzene rings is 3. The van der Waals surface area contributed by atoms with E-state index in [0.29, 0.717) is 74.1 Å². The van der Waals surface area contributed by atoms with Gasteiger partial charge >= 0.3 is 0 Å². The van der Waals surface area contributed by atoms with E-state index in [1.165, 1.54) is 16.9 Å². The van der Waals surface area contributed by atoms with E-state index in [1.54, 1.807) is 19.2 Å². The average Bonchev–Trinajstić information content (AvgIpc) is 3.51. The second-order valence-corrected chi connectivity index (χ2v) is 10.7. The van der Waals surface area contributed by atoms with Crippen LogP contribution in [-0.2, 0) is 22.6 Å². The fourth-order valence-electron chi connectivity index (χ4n) is 5.55. The number of tetrazole rings is 1. The van der Waals surface area contributed by atoms with Crippen molar-refractivity contribution in [2.75, 3.05) is 33.4 Å². The Hall–Kier alpha value is -5.00. The van der Waals surface area contributed by atoms with E-state index < -0.39 is 0 Å². The third-order valence-electron chi connectivity index (χ3n) is 7.72. The van der Waals surface area contributed by atoms with Gasteiger partial charge in [-0.25, -0.2) is 4.39 Å². The van der Waals surface area contributed by atoms with Crippen molar-refractivity contribution in [3.8, 4) is 28.6 Å². The number of fused-ring (bicyclic) bond motifs is 8. The summed E-state index contributed by atoms with van der Waals surface area (Å²) in [7, 11) is 1.56. The van der Waals surface area contributed by atoms with Crippen molar-refractivity contribution in [3.05, 3.63) is 83.2 Å². The maximum atomic E-state index is 13.8. The highest BCUT2D eigenvalue weighted by Gasteiger charge is 2.33. The second kappa shape index (κ2) is 13.1. The molecule has 2 amide bonds. The number of ether oxygens (including phenoxy) is 3. The fourth-order valence-corrected chi connectivity index (χ4v) is 5.55. The fraction of sp³-hybridized carbons (Fsp3) is 0.344. The summed E-state index contributed by atoms with van der Waals surface area (Å²) in [6, 6.07) is 17.1. The third-order valence-corrected chi connectivity index (χ3v) is 7.72. The summed E-state index contributed by atoms with van der Waals surface area (Å²) in [6.07, 6.45) is 2.04. The number of nitrogens with zero attached hydrogens (tertiary/aromatic N) is 5. The molecule has 12 heteroatoms. The van der Waals surface area contributed by atoms with Crippen LogP contribution in [0.1, 0.15) is 42.0 Å². The average molecular weight is 601 g/mol. The van der Waals surface area contributed by atoms with Crippen LogP contribution in [0.15, 0.2) is 60.7 Å². The number of carbonyl (C=O) groups is 2. The van der Waals surface area contributed by atoms with Crippen molar-refractivity contribution in [2.45, 2.75) is 38.3 Å². The Morgan fingerprint density at radius 2 is 2.00 bits per heavy atom. The number of aromatic nitrogens is 4. The zero-order valence-electron chi connectivity index (χ0n) is 24.4. The van der Waals surface area contributed by atoms with Gasteiger partial charge in [-0.05, 0) is 89.7 Å². The molecule has 11 nitrogen and oxygen atoms in total. The Bertz CT molecular complexity index is 1640. The van der Waals surface area contributed by atoms with Crippen LogP contribution in [-0.4, -0.2) is 70.3 Å². The van der Waals surface area contributed by atoms with Gasteiger partial charge in [0.05, 0.1) is 26.3 Å². The smallest absolute Gasteiger partial charge is 0.257 e. The molecule has 4 heterocycles. The summed E-state index contributed by atoms with van der Waals surface area (Å²) < 4.78 is 30.8. The molecule has 3 aliphatic rings. The van der Waals surface area contributed by atoms with Crippen molar-refractivity contribution in [2.24, 2.45) is 0 Å². The molecule has 0 radical (unpaired) electrons. The van der Waals surface area contributed by atoms with Crippen molar-refractivity contribution in [3.63, 3.8) is 0 Å². The molecule has 1 atom stereocenters. The molecule has 0 spiro atoms. The van der Waals surface area contributed by atoms with Crippen molar-refractivity contribution >= 4 is 11.8 Å². The number of rotatable bonds is 6. The molecule has 228 valence electrons. The number of hydrogen-bond acceptors (Lipinski definition) is 8. The Kier molecular flexibility index (Phi) is 8.67. The Balaban J connectivity index is 1.24. The van der Waals surface area contributed by atoms with Gasteiger partial charge in [0.1, 0.15) is 11.6 Å². The molecule has 1 N–H and O–H groups in total. The lowest BCUT2D eigenvalue weighted by molar-refractivity contribution is -0.133. The van der Waals surface area contributed by atoms with Gasteiger partial charge < -0.3 is 24.4 Å². The van der Waals surface area contributed by atoms with Crippen LogP contribution >= 0.6 is 0 Å². The molecule has 0 saturated heterocycles. The molecule has 44 heavy (non-hydrogen) atoms. The van der Waals surface area contributed by atoms with E-state index in [9.17, 15) is 14.0 Å². The van der Waals surface area contributed by atoms with E-state index in [2.05, 4.69) is 20.7 Å². The number of nitrogens with one attached hydrogen (secondary N) is 1. The Labute approximate surface area is 253 Å². The van der Waals surface area contributed by atoms with Crippen LogP contribution < -0.4 is 19.5 Å². The molecular weight excluding hydrogens is 567 g/mol. The minimum Gasteiger partial charge on any atom is -0.494 e. The molecule has 0 fully saturated rings. The zero-order valence-corrected chi connectivity index (χ0v) is 24.4. The topological polar surface area (TPSA) is 121 Å². The maximum absolute atomic E-state index is 13.8. The number of aryl methyl sites for hydroxylation is 1. The molecule has 0 aliphatic carbocycles. The lowest BCUT2D eigenvalue weighted by Gasteiger charge is -2.38. The lowest BCUT2D eigenvalue weighted by atomic mass is 9.87. The maximum Gasteiger partial charge on any atom is 0.257 e. The normalized spacial score (nSPS) is 16.5. The number of methoxy groups -OCH3 is 1. The Morgan fingerprint density at radius 3 is 2.84 bits per heavy atom. The first-order chi connectivity index (χ1) is 21.5. The molecule has 3 aromatic carbocycles. The summed E-state index contributed by atoms with van der Waals surface area (Å²) in [5, 5.41) is 15.4. The third kappa shape index (κ3) is 6.48. The predicted octanol–water partition coefficient (Wildman–Crippen LogP) is 3.72. The highest BCUT2D eigenvalue weighted by molar-refractivity contribution is 5.78. The van der Waals surface area contributed by atoms with E-state index in [0.717, 1.165) is 16.7 Å². The second-order valence-electron chi connectivity index (χ2n) is 10.7. The quantitative estimate of drug-likeness (QED) is 0.356. The highest BCUT2D eigenvalue weighted by atomic mass is 19.1. The van der Waals surface area contributed by atoms with Gasteiger partial charge in [0, 0.05) is 25.1 Å². The summed E-state index contributed by atoms with van der Waals surface area (Å²) in [6.45, 7) is 1.68. The van der Waals surface area contributed by atoms with Crippen molar-refractivity contribution in [1.82, 2.24) is 30.4 Å². The van der Waals surface area contributed by atoms with Gasteiger partial charge in [0.2, 0.25) is 11.7 Å². The zero-order chi connectivity index (χ0) is 30.5. The van der Waals surface area contributed by atoms with E-state index in [1.807, 2.05) is 41.3 Å². The molecule has 6 bridgehead atoms. The molecule has 0 saturated carbocycles. The minimum absolute atomic E-state index is 0.00351. The summed E-state index contributed by atoms with van der Waals surface area (Å²) in [4.78, 5) is 29.5. The number of carbonyl (C=O) groups excluding carboxylic acids is 2. The predicted molar refractivity (Wildman–Crippen MR) is 158 cm³/mol. The van der Waals surface area contributed by atoms with Gasteiger partial charge in [-0.2, -0.15) is 4.80 Å². The van der Waals surface area contributed by atoms with Crippen LogP contribution in [0, 0.1) is 5.82 Å². The molecular formula is C32H33FN6O5. The SMILES string of the molecule is COc1cc2c3cc1OCC(=O)NCCCOc1cccc(c1)C2N(C(=O)CCCn1nnc(-c2ccc(F)cc2)n1)CC3. The largest absolute Gasteiger partial charge is 0.494 e. The van der Waals surface area contributed by atoms with E-state index in [4.69, 9.17) is 14.2 Å². The Morgan fingerprint density at radius 1 is 1.14 bits per heavy atom. The van der Waals surface area contributed by atoms with Gasteiger partial charge in [0.15, 0.2) is 18.1 Å². The monoisotopic (exact) mass is 600 g/mol. The van der Waals surface area contributed by atoms with Crippen LogP contribution in [0.25, 0.3) is 11.4 Å². The van der Waals surface area contributed by atoms with Gasteiger partial charge in [-0.15, -0.1) is 10.2 Å². The molecule has 1 unspecified atom stereocenters. The first kappa shape index (κ1) is 29.1. The lowest BCUT2D eigenvalue weighted by Crippen LogP contribution is -2.40. The molecule has 1 aromatic heterocycles. The van der Waals surface area contributed by atoms with Crippen LogP contribution in [0.5, 0.6) is 17.2 Å². The minimum atomic E-state index is -0.372. The summed E-state index contributed by atoms with van der Waals surface area (Å²) >= 11 is 0. The van der Waals surface area contributed by atoms with E-state index >= 15 is 0 Å². The molecule has 4 aromatic rings. The van der Waals surface area contributed by atoms with Crippen LogP contribution in [0.4, 0.5) is 4.39 Å². The first-order valence-corrected chi connectivity index (χ1v) is 14.6. The summed E-state index contributed by atoms with van der Waals surface area (Å²) in [5.41, 5.74) is 3.55. The van der Waals surface area contributed by atoms with Gasteiger partial charge in [-0.3, -0.25) is 9.59 Å². The number of amides is 2. The van der Waals surface area contributed by atoms with Crippen LogP contribution in [0.3, 0.4) is 0 Å². The van der Waals surface area contributed by atoms with Crippen molar-refractivity contribution < 1.29 is 28.2 Å². The molecule has 7 rings (SSSR count). The van der Waals surface area contributed by atoms with Gasteiger partial charge in [-0.1, -0.05) is 12.1 Å². The number of hydrogen-bond donors (Lipinski definition) is 1. The van der Waals surface area contributed by atoms with Crippen LogP contribution in [0.2, 0.25) is 0 Å². The highest BCUT2D eigenvalue weighted by Crippen LogP contribution is 2.42. The van der Waals surface area contributed by atoms with E-state index in [-0.39, 0.29) is 36.7 Å². The number of halogens is 1. The van der Waals surface area contributed by atoms with Gasteiger partial charge in [0.25, 0.3) is 5.91 Å². The summed E-state index contributed by atoms with van der Waals surface area (Å²) in [5.74, 6) is 1.52.